The molecular weight excluding hydrogens is 406 g/mol. The number of hydrogen-bond acceptors (Lipinski definition) is 5. The van der Waals surface area contributed by atoms with Gasteiger partial charge in [0.1, 0.15) is 11.5 Å². The average molecular weight is 431 g/mol. The molecule has 0 bridgehead atoms. The van der Waals surface area contributed by atoms with E-state index < -0.39 is 4.92 Å². The number of carbonyl (C=O) groups is 1. The standard InChI is InChI=1S/C25H25N3O4/c1-18-6-4-5-17-27(18)20-11-9-19(10-12-20)26-25(29)16-14-21-13-15-24(32-21)22-7-2-3-8-23(22)28(30)31/h2-3,7-16,18H,4-6,17H2,1H3,(H,26,29)/b16-14+/t18-/m0/s1. The van der Waals surface area contributed by atoms with E-state index in [0.29, 0.717) is 28.8 Å². The third kappa shape index (κ3) is 4.88. The van der Waals surface area contributed by atoms with Gasteiger partial charge in [-0.2, -0.15) is 0 Å². The van der Waals surface area contributed by atoms with Crippen molar-refractivity contribution in [3.8, 4) is 11.3 Å². The van der Waals surface area contributed by atoms with Gasteiger partial charge in [0, 0.05) is 36.1 Å². The molecule has 2 heterocycles. The highest BCUT2D eigenvalue weighted by atomic mass is 16.6. The summed E-state index contributed by atoms with van der Waals surface area (Å²) in [5, 5.41) is 14.1. The van der Waals surface area contributed by atoms with Crippen LogP contribution in [0.5, 0.6) is 0 Å². The monoisotopic (exact) mass is 431 g/mol. The SMILES string of the molecule is C[C@H]1CCCCN1c1ccc(NC(=O)/C=C/c2ccc(-c3ccccc3[N+](=O)[O-])o2)cc1. The van der Waals surface area contributed by atoms with Crippen LogP contribution in [-0.4, -0.2) is 23.4 Å². The Morgan fingerprint density at radius 1 is 1.12 bits per heavy atom. The van der Waals surface area contributed by atoms with E-state index in [9.17, 15) is 14.9 Å². The van der Waals surface area contributed by atoms with Crippen molar-refractivity contribution in [2.24, 2.45) is 0 Å². The van der Waals surface area contributed by atoms with Crippen molar-refractivity contribution in [2.45, 2.75) is 32.2 Å². The van der Waals surface area contributed by atoms with E-state index in [2.05, 4.69) is 17.1 Å². The topological polar surface area (TPSA) is 88.6 Å². The summed E-state index contributed by atoms with van der Waals surface area (Å²) in [6.07, 6.45) is 6.60. The third-order valence-electron chi connectivity index (χ3n) is 5.66. The Morgan fingerprint density at radius 3 is 2.66 bits per heavy atom. The second kappa shape index (κ2) is 9.51. The van der Waals surface area contributed by atoms with Crippen LogP contribution >= 0.6 is 0 Å². The van der Waals surface area contributed by atoms with Gasteiger partial charge in [-0.15, -0.1) is 0 Å². The number of piperidine rings is 1. The Kier molecular flexibility index (Phi) is 6.35. The molecule has 1 atom stereocenters. The molecule has 1 aliphatic rings. The highest BCUT2D eigenvalue weighted by Gasteiger charge is 2.18. The molecule has 0 radical (unpaired) electrons. The minimum Gasteiger partial charge on any atom is -0.456 e. The fourth-order valence-corrected chi connectivity index (χ4v) is 3.99. The van der Waals surface area contributed by atoms with Crippen LogP contribution < -0.4 is 10.2 Å². The molecule has 1 aromatic heterocycles. The van der Waals surface area contributed by atoms with Crippen LogP contribution in [0.1, 0.15) is 31.9 Å². The van der Waals surface area contributed by atoms with E-state index in [1.165, 1.54) is 43.2 Å². The first-order chi connectivity index (χ1) is 15.5. The van der Waals surface area contributed by atoms with Gasteiger partial charge in [-0.1, -0.05) is 12.1 Å². The lowest BCUT2D eigenvalue weighted by Gasteiger charge is -2.35. The molecule has 1 amide bonds. The molecule has 4 rings (SSSR count). The van der Waals surface area contributed by atoms with Crippen LogP contribution in [0, 0.1) is 10.1 Å². The summed E-state index contributed by atoms with van der Waals surface area (Å²) in [5.41, 5.74) is 2.25. The van der Waals surface area contributed by atoms with Crippen LogP contribution in [0.15, 0.2) is 71.2 Å². The highest BCUT2D eigenvalue weighted by molar-refractivity contribution is 6.01. The molecule has 0 saturated carbocycles. The molecule has 3 aromatic rings. The van der Waals surface area contributed by atoms with Crippen LogP contribution in [0.25, 0.3) is 17.4 Å². The second-order valence-corrected chi connectivity index (χ2v) is 7.88. The maximum atomic E-state index is 12.3. The highest BCUT2D eigenvalue weighted by Crippen LogP contribution is 2.31. The molecular formula is C25H25N3O4. The fraction of sp³-hybridized carbons (Fsp3) is 0.240. The summed E-state index contributed by atoms with van der Waals surface area (Å²) < 4.78 is 5.68. The van der Waals surface area contributed by atoms with Crippen molar-refractivity contribution in [3.05, 3.63) is 82.6 Å². The van der Waals surface area contributed by atoms with Gasteiger partial charge in [-0.05, 0) is 74.7 Å². The fourth-order valence-electron chi connectivity index (χ4n) is 3.99. The Hall–Kier alpha value is -3.87. The predicted octanol–water partition coefficient (Wildman–Crippen LogP) is 5.89. The average Bonchev–Trinajstić information content (AvgIpc) is 3.28. The lowest BCUT2D eigenvalue weighted by molar-refractivity contribution is -0.384. The summed E-state index contributed by atoms with van der Waals surface area (Å²) in [5.74, 6) is 0.523. The first-order valence-electron chi connectivity index (χ1n) is 10.7. The normalized spacial score (nSPS) is 16.3. The molecule has 1 fully saturated rings. The van der Waals surface area contributed by atoms with E-state index in [0.717, 1.165) is 6.54 Å². The molecule has 32 heavy (non-hydrogen) atoms. The number of rotatable bonds is 6. The second-order valence-electron chi connectivity index (χ2n) is 7.88. The maximum absolute atomic E-state index is 12.3. The number of carbonyl (C=O) groups excluding carboxylic acids is 1. The number of para-hydroxylation sites is 1. The van der Waals surface area contributed by atoms with E-state index in [4.69, 9.17) is 4.42 Å². The van der Waals surface area contributed by atoms with E-state index in [-0.39, 0.29) is 11.6 Å². The van der Waals surface area contributed by atoms with Gasteiger partial charge in [0.05, 0.1) is 10.5 Å². The molecule has 1 aliphatic heterocycles. The Balaban J connectivity index is 1.39. The smallest absolute Gasteiger partial charge is 0.280 e. The minimum absolute atomic E-state index is 0.0301. The van der Waals surface area contributed by atoms with Crippen LogP contribution in [0.3, 0.4) is 0 Å². The Labute approximate surface area is 186 Å². The van der Waals surface area contributed by atoms with Crippen molar-refractivity contribution >= 4 is 29.0 Å². The number of nitro benzene ring substituents is 1. The Morgan fingerprint density at radius 2 is 1.91 bits per heavy atom. The van der Waals surface area contributed by atoms with Crippen molar-refractivity contribution in [1.29, 1.82) is 0 Å². The van der Waals surface area contributed by atoms with E-state index in [1.807, 2.05) is 24.3 Å². The first-order valence-corrected chi connectivity index (χ1v) is 10.7. The number of furan rings is 1. The number of nitro groups is 1. The number of amides is 1. The van der Waals surface area contributed by atoms with Crippen molar-refractivity contribution < 1.29 is 14.1 Å². The molecule has 7 heteroatoms. The third-order valence-corrected chi connectivity index (χ3v) is 5.66. The molecule has 0 aliphatic carbocycles. The van der Waals surface area contributed by atoms with Gasteiger partial charge in [-0.25, -0.2) is 0 Å². The van der Waals surface area contributed by atoms with Gasteiger partial charge in [0.2, 0.25) is 5.91 Å². The van der Waals surface area contributed by atoms with Gasteiger partial charge < -0.3 is 14.6 Å². The zero-order chi connectivity index (χ0) is 22.5. The number of hydrogen-bond donors (Lipinski definition) is 1. The molecule has 164 valence electrons. The van der Waals surface area contributed by atoms with Crippen LogP contribution in [0.2, 0.25) is 0 Å². The first kappa shape index (κ1) is 21.4. The zero-order valence-electron chi connectivity index (χ0n) is 17.9. The van der Waals surface area contributed by atoms with Gasteiger partial charge in [-0.3, -0.25) is 14.9 Å². The Bertz CT molecular complexity index is 1130. The maximum Gasteiger partial charge on any atom is 0.280 e. The molecule has 0 unspecified atom stereocenters. The van der Waals surface area contributed by atoms with E-state index >= 15 is 0 Å². The quantitative estimate of drug-likeness (QED) is 0.299. The molecule has 1 N–H and O–H groups in total. The summed E-state index contributed by atoms with van der Waals surface area (Å²) in [7, 11) is 0. The van der Waals surface area contributed by atoms with Crippen molar-refractivity contribution in [2.75, 3.05) is 16.8 Å². The van der Waals surface area contributed by atoms with Crippen LogP contribution in [0.4, 0.5) is 17.1 Å². The summed E-state index contributed by atoms with van der Waals surface area (Å²) in [4.78, 5) is 25.5. The molecule has 2 aromatic carbocycles. The zero-order valence-corrected chi connectivity index (χ0v) is 17.9. The van der Waals surface area contributed by atoms with Crippen LogP contribution in [-0.2, 0) is 4.79 Å². The molecule has 7 nitrogen and oxygen atoms in total. The summed E-state index contributed by atoms with van der Waals surface area (Å²) in [6, 6.07) is 18.1. The number of anilines is 2. The van der Waals surface area contributed by atoms with E-state index in [1.54, 1.807) is 30.3 Å². The van der Waals surface area contributed by atoms with Gasteiger partial charge >= 0.3 is 0 Å². The number of nitrogens with zero attached hydrogens (tertiary/aromatic N) is 2. The predicted molar refractivity (Wildman–Crippen MR) is 126 cm³/mol. The van der Waals surface area contributed by atoms with Crippen molar-refractivity contribution in [1.82, 2.24) is 0 Å². The minimum atomic E-state index is -0.446. The lowest BCUT2D eigenvalue weighted by Crippen LogP contribution is -2.37. The van der Waals surface area contributed by atoms with Gasteiger partial charge in [0.25, 0.3) is 5.69 Å². The van der Waals surface area contributed by atoms with Gasteiger partial charge in [0.15, 0.2) is 0 Å². The molecule has 1 saturated heterocycles. The number of nitrogens with one attached hydrogen (secondary N) is 1. The largest absolute Gasteiger partial charge is 0.456 e. The lowest BCUT2D eigenvalue weighted by atomic mass is 10.0. The number of benzene rings is 2. The summed E-state index contributed by atoms with van der Waals surface area (Å²) in [6.45, 7) is 3.31. The summed E-state index contributed by atoms with van der Waals surface area (Å²) >= 11 is 0. The molecule has 0 spiro atoms. The van der Waals surface area contributed by atoms with Crippen molar-refractivity contribution in [3.63, 3.8) is 0 Å².